The minimum atomic E-state index is -5.27. The number of thiazole rings is 1. The first kappa shape index (κ1) is 60.3. The molecule has 0 aliphatic carbocycles. The van der Waals surface area contributed by atoms with E-state index in [1.807, 2.05) is 0 Å². The summed E-state index contributed by atoms with van der Waals surface area (Å²) in [4.78, 5) is 91.6. The van der Waals surface area contributed by atoms with E-state index in [0.29, 0.717) is 23.5 Å². The van der Waals surface area contributed by atoms with Gasteiger partial charge in [0.1, 0.15) is 47.7 Å². The van der Waals surface area contributed by atoms with Crippen molar-refractivity contribution in [2.45, 2.75) is 110 Å². The first-order valence-electron chi connectivity index (χ1n) is 25.0. The topological polar surface area (TPSA) is 315 Å². The summed E-state index contributed by atoms with van der Waals surface area (Å²) in [6.07, 6.45) is -0.549. The van der Waals surface area contributed by atoms with Gasteiger partial charge in [-0.3, -0.25) is 29.0 Å². The number of β-lactam (4-membered cyclic amide) rings is 1. The number of hydrogen-bond donors (Lipinski definition) is 4. The van der Waals surface area contributed by atoms with Gasteiger partial charge in [0.2, 0.25) is 11.4 Å². The molecule has 434 valence electrons. The third kappa shape index (κ3) is 15.3. The van der Waals surface area contributed by atoms with Gasteiger partial charge >= 0.3 is 22.4 Å². The van der Waals surface area contributed by atoms with Crippen LogP contribution in [0, 0.1) is 5.82 Å². The molecule has 3 atom stereocenters. The second-order valence-corrected chi connectivity index (χ2v) is 23.1. The number of amides is 5. The molecule has 4 N–H and O–H groups in total. The van der Waals surface area contributed by atoms with Crippen molar-refractivity contribution in [1.82, 2.24) is 30.0 Å². The van der Waals surface area contributed by atoms with Crippen LogP contribution in [0.25, 0.3) is 0 Å². The van der Waals surface area contributed by atoms with E-state index in [2.05, 4.69) is 31.2 Å². The van der Waals surface area contributed by atoms with Crippen molar-refractivity contribution in [3.63, 3.8) is 0 Å². The molecule has 0 spiro atoms. The van der Waals surface area contributed by atoms with Crippen LogP contribution in [0.4, 0.5) is 14.3 Å². The molecule has 4 heterocycles. The van der Waals surface area contributed by atoms with Gasteiger partial charge in [-0.05, 0) is 109 Å². The second-order valence-electron chi connectivity index (χ2n) is 20.9. The predicted octanol–water partition coefficient (Wildman–Crippen LogP) is 6.19. The molecule has 0 saturated carbocycles. The number of hydrogen-bond acceptors (Lipinski definition) is 20. The van der Waals surface area contributed by atoms with Crippen molar-refractivity contribution in [2.75, 3.05) is 39.2 Å². The van der Waals surface area contributed by atoms with Crippen LogP contribution in [-0.4, -0.2) is 136 Å². The minimum Gasteiger partial charge on any atom is -0.497 e. The zero-order valence-electron chi connectivity index (χ0n) is 45.8. The van der Waals surface area contributed by atoms with Crippen molar-refractivity contribution in [3.8, 4) is 23.0 Å². The molecule has 0 unspecified atom stereocenters. The smallest absolute Gasteiger partial charge is 0.413 e. The van der Waals surface area contributed by atoms with E-state index < -0.39 is 98.9 Å². The molecule has 25 nitrogen and oxygen atoms in total. The highest BCUT2D eigenvalue weighted by atomic mass is 32.2. The van der Waals surface area contributed by atoms with Crippen LogP contribution in [0.2, 0.25) is 0 Å². The number of likely N-dealkylation sites (tertiary alicyclic amines) is 1. The molecule has 5 aromatic rings. The number of benzene rings is 3. The number of aromatic nitrogens is 2. The zero-order chi connectivity index (χ0) is 59.2. The van der Waals surface area contributed by atoms with Gasteiger partial charge in [0.25, 0.3) is 23.6 Å². The lowest BCUT2D eigenvalue weighted by Crippen LogP contribution is -2.74. The summed E-state index contributed by atoms with van der Waals surface area (Å²) in [5.74, 6) is -5.77. The third-order valence-corrected chi connectivity index (χ3v) is 13.7. The molecule has 81 heavy (non-hydrogen) atoms. The van der Waals surface area contributed by atoms with E-state index in [0.717, 1.165) is 16.9 Å². The molecule has 0 bridgehead atoms. The van der Waals surface area contributed by atoms with Gasteiger partial charge < -0.3 is 53.3 Å². The van der Waals surface area contributed by atoms with Gasteiger partial charge in [-0.2, -0.15) is 8.42 Å². The summed E-state index contributed by atoms with van der Waals surface area (Å²) in [5, 5.41) is 16.3. The summed E-state index contributed by atoms with van der Waals surface area (Å²) < 4.78 is 90.0. The third-order valence-electron chi connectivity index (χ3n) is 12.0. The van der Waals surface area contributed by atoms with Crippen molar-refractivity contribution >= 4 is 68.2 Å². The van der Waals surface area contributed by atoms with Crippen molar-refractivity contribution in [1.29, 1.82) is 0 Å². The average Bonchev–Trinajstić information content (AvgIpc) is 4.17. The number of methoxy groups -OCH3 is 2. The number of anilines is 1. The Morgan fingerprint density at radius 3 is 2.09 bits per heavy atom. The number of ether oxygens (including phenoxy) is 6. The SMILES string of the molecule is COc1ccc(COc2ccc(C(=O)N3CC[C@@H](c4cc(C(=O)NC[C@@H]5[C@H](NC(=O)/C(=N\OC(C)(C)C(=O)OC(C)(C)C)c6csc(NC(=O)OC(C)(C)C)n6)C(=O)N5S(=O)(=O)O)on4)C3)c(F)c2OCc2ccc(OC)cc2)cc1. The number of nitrogens with one attached hydrogen (secondary N) is 3. The molecule has 28 heteroatoms. The maximum Gasteiger partial charge on any atom is 0.413 e. The average molecular weight is 1170 g/mol. The molecule has 2 fully saturated rings. The molecular weight excluding hydrogens is 1100 g/mol. The lowest BCUT2D eigenvalue weighted by Gasteiger charge is -2.44. The van der Waals surface area contributed by atoms with E-state index in [1.54, 1.807) is 97.2 Å². The number of carbonyl (C=O) groups is 6. The van der Waals surface area contributed by atoms with Crippen LogP contribution < -0.4 is 34.9 Å². The van der Waals surface area contributed by atoms with Crippen LogP contribution in [0.5, 0.6) is 23.0 Å². The van der Waals surface area contributed by atoms with Gasteiger partial charge in [-0.15, -0.1) is 11.3 Å². The van der Waals surface area contributed by atoms with Gasteiger partial charge in [-0.1, -0.05) is 34.6 Å². The van der Waals surface area contributed by atoms with Gasteiger partial charge in [-0.25, -0.2) is 23.3 Å². The molecule has 5 amide bonds. The molecule has 2 aliphatic rings. The van der Waals surface area contributed by atoms with Crippen molar-refractivity contribution < 1.29 is 83.9 Å². The Kier molecular flexibility index (Phi) is 18.3. The number of halogens is 1. The van der Waals surface area contributed by atoms with Gasteiger partial charge in [0.05, 0.1) is 31.5 Å². The van der Waals surface area contributed by atoms with Crippen LogP contribution in [0.15, 0.2) is 81.8 Å². The fourth-order valence-corrected chi connectivity index (χ4v) is 9.51. The molecular formula is C53H61FN8O17S2. The lowest BCUT2D eigenvalue weighted by molar-refractivity contribution is -0.179. The van der Waals surface area contributed by atoms with E-state index >= 15 is 4.39 Å². The van der Waals surface area contributed by atoms with Crippen molar-refractivity contribution in [3.05, 3.63) is 112 Å². The maximum atomic E-state index is 16.6. The molecule has 3 aromatic carbocycles. The maximum absolute atomic E-state index is 16.6. The Balaban J connectivity index is 1.03. The first-order valence-corrected chi connectivity index (χ1v) is 27.3. The van der Waals surface area contributed by atoms with Crippen LogP contribution in [0.3, 0.4) is 0 Å². The first-order chi connectivity index (χ1) is 38.0. The fraction of sp³-hybridized carbons (Fsp3) is 0.415. The molecule has 2 saturated heterocycles. The van der Waals surface area contributed by atoms with Crippen LogP contribution in [0.1, 0.15) is 111 Å². The van der Waals surface area contributed by atoms with Crippen LogP contribution >= 0.6 is 11.3 Å². The minimum absolute atomic E-state index is 0.0375. The Morgan fingerprint density at radius 2 is 1.49 bits per heavy atom. The monoisotopic (exact) mass is 1160 g/mol. The Bertz CT molecular complexity index is 3300. The largest absolute Gasteiger partial charge is 0.497 e. The molecule has 0 radical (unpaired) electrons. The zero-order valence-corrected chi connectivity index (χ0v) is 47.4. The lowest BCUT2D eigenvalue weighted by atomic mass is 9.98. The summed E-state index contributed by atoms with van der Waals surface area (Å²) in [6.45, 7) is 11.9. The number of oxime groups is 1. The standard InChI is InChI=1S/C53H61FN8O17S2/c1-51(2,3)76-48(67)53(7,8)79-60-41(36-28-80-49(56-36)58-50(68)77-52(4,5)6)45(64)57-42-37(62(47(42)66)81(69,70)71)24-55-44(63)39-23-35(59-78-39)31-21-22-61(25-31)46(65)34-19-20-38(74-26-29-11-15-32(72-9)16-12-29)43(40(34)54)75-27-30-13-17-33(73-10)18-14-30/h11-20,23,28,31,37,42H,21-22,24-27H2,1-10H3,(H,55,63)(H,57,64)(H,56,58,68)(H,69,70,71)/b60-41-/t31-,37-,42+/m1/s1. The van der Waals surface area contributed by atoms with E-state index in [4.69, 9.17) is 37.8 Å². The van der Waals surface area contributed by atoms with Crippen molar-refractivity contribution in [2.24, 2.45) is 5.16 Å². The number of nitrogens with zero attached hydrogens (tertiary/aromatic N) is 5. The number of esters is 1. The molecule has 7 rings (SSSR count). The fourth-order valence-electron chi connectivity index (χ4n) is 7.95. The van der Waals surface area contributed by atoms with E-state index in [-0.39, 0.29) is 70.0 Å². The highest BCUT2D eigenvalue weighted by Gasteiger charge is 2.54. The molecule has 2 aliphatic heterocycles. The highest BCUT2D eigenvalue weighted by Crippen LogP contribution is 2.37. The molecule has 2 aromatic heterocycles. The van der Waals surface area contributed by atoms with Crippen LogP contribution in [-0.2, 0) is 52.2 Å². The highest BCUT2D eigenvalue weighted by molar-refractivity contribution is 7.84. The number of rotatable bonds is 21. The van der Waals surface area contributed by atoms with Gasteiger partial charge in [0, 0.05) is 37.0 Å². The summed E-state index contributed by atoms with van der Waals surface area (Å²) in [5.41, 5.74) is -3.12. The van der Waals surface area contributed by atoms with E-state index in [1.165, 1.54) is 49.4 Å². The summed E-state index contributed by atoms with van der Waals surface area (Å²) in [6, 6.07) is 14.7. The normalized spacial score (nSPS) is 16.7. The van der Waals surface area contributed by atoms with Gasteiger partial charge in [0.15, 0.2) is 28.2 Å². The Labute approximate surface area is 469 Å². The van der Waals surface area contributed by atoms with E-state index in [9.17, 15) is 41.7 Å². The number of carbonyl (C=O) groups excluding carboxylic acids is 6. The second kappa shape index (κ2) is 24.6. The quantitative estimate of drug-likeness (QED) is 0.0209. The predicted molar refractivity (Wildman–Crippen MR) is 287 cm³/mol. The summed E-state index contributed by atoms with van der Waals surface area (Å²) >= 11 is 0.840. The Morgan fingerprint density at radius 1 is 0.877 bits per heavy atom. The Hall–Kier alpha value is -8.37. The summed E-state index contributed by atoms with van der Waals surface area (Å²) in [7, 11) is -2.20.